The molecule has 0 amide bonds. The zero-order valence-corrected chi connectivity index (χ0v) is 28.5. The van der Waals surface area contributed by atoms with Crippen LogP contribution in [0.15, 0.2) is 200 Å². The SMILES string of the molecule is c1ccc(-c2ccc(N(c3ccc4c(c3)-c3ccccc3C43c4ccccc4-c4ccccc43)c3ccc4ccc5ccccc5c4c3)cc2)cc1. The smallest absolute Gasteiger partial charge is 0.0725 e. The number of rotatable bonds is 4. The third-order valence-electron chi connectivity index (χ3n) is 11.5. The molecule has 2 aliphatic rings. The van der Waals surface area contributed by atoms with E-state index in [1.807, 2.05) is 0 Å². The third-order valence-corrected chi connectivity index (χ3v) is 11.5. The first kappa shape index (κ1) is 29.1. The molecule has 1 heteroatoms. The van der Waals surface area contributed by atoms with Crippen LogP contribution < -0.4 is 4.90 Å². The molecule has 0 fully saturated rings. The second-order valence-corrected chi connectivity index (χ2v) is 14.1. The van der Waals surface area contributed by atoms with E-state index in [4.69, 9.17) is 0 Å². The van der Waals surface area contributed by atoms with Gasteiger partial charge < -0.3 is 4.90 Å². The zero-order chi connectivity index (χ0) is 34.2. The van der Waals surface area contributed by atoms with Gasteiger partial charge in [0, 0.05) is 17.1 Å². The van der Waals surface area contributed by atoms with Gasteiger partial charge in [-0.1, -0.05) is 164 Å². The number of anilines is 3. The van der Waals surface area contributed by atoms with E-state index < -0.39 is 0 Å². The van der Waals surface area contributed by atoms with Gasteiger partial charge in [-0.25, -0.2) is 0 Å². The summed E-state index contributed by atoms with van der Waals surface area (Å²) in [5.41, 5.74) is 16.1. The maximum atomic E-state index is 2.44. The number of fused-ring (bicyclic) bond motifs is 13. The normalized spacial score (nSPS) is 13.2. The molecule has 0 aliphatic heterocycles. The lowest BCUT2D eigenvalue weighted by Crippen LogP contribution is -2.25. The van der Waals surface area contributed by atoms with Crippen LogP contribution in [0.5, 0.6) is 0 Å². The minimum atomic E-state index is -0.359. The Morgan fingerprint density at radius 3 is 1.44 bits per heavy atom. The molecule has 0 atom stereocenters. The summed E-state index contributed by atoms with van der Waals surface area (Å²) in [7, 11) is 0. The maximum Gasteiger partial charge on any atom is 0.0725 e. The van der Waals surface area contributed by atoms with Crippen molar-refractivity contribution >= 4 is 38.6 Å². The fourth-order valence-electron chi connectivity index (χ4n) is 9.24. The van der Waals surface area contributed by atoms with Crippen molar-refractivity contribution in [3.8, 4) is 33.4 Å². The molecule has 0 saturated carbocycles. The van der Waals surface area contributed by atoms with Crippen molar-refractivity contribution in [1.82, 2.24) is 0 Å². The second kappa shape index (κ2) is 11.2. The average Bonchev–Trinajstić information content (AvgIpc) is 3.69. The summed E-state index contributed by atoms with van der Waals surface area (Å²) in [4.78, 5) is 2.43. The first-order valence-corrected chi connectivity index (χ1v) is 18.1. The topological polar surface area (TPSA) is 3.24 Å². The molecule has 0 N–H and O–H groups in total. The van der Waals surface area contributed by atoms with Gasteiger partial charge in [-0.15, -0.1) is 0 Å². The molecule has 9 aromatic carbocycles. The summed E-state index contributed by atoms with van der Waals surface area (Å²) in [5, 5.41) is 5.02. The summed E-state index contributed by atoms with van der Waals surface area (Å²) in [6.07, 6.45) is 0. The summed E-state index contributed by atoms with van der Waals surface area (Å²) < 4.78 is 0. The van der Waals surface area contributed by atoms with Crippen LogP contribution in [0, 0.1) is 0 Å². The van der Waals surface area contributed by atoms with E-state index in [1.165, 1.54) is 77.2 Å². The van der Waals surface area contributed by atoms with Gasteiger partial charge in [0.1, 0.15) is 0 Å². The highest BCUT2D eigenvalue weighted by atomic mass is 15.1. The van der Waals surface area contributed by atoms with Crippen molar-refractivity contribution in [1.29, 1.82) is 0 Å². The maximum absolute atomic E-state index is 2.44. The van der Waals surface area contributed by atoms with Crippen LogP contribution in [0.1, 0.15) is 22.3 Å². The fourth-order valence-corrected chi connectivity index (χ4v) is 9.24. The first-order valence-electron chi connectivity index (χ1n) is 18.1. The van der Waals surface area contributed by atoms with Crippen molar-refractivity contribution in [3.05, 3.63) is 222 Å². The Labute approximate surface area is 303 Å². The molecule has 0 heterocycles. The average molecular weight is 660 g/mol. The van der Waals surface area contributed by atoms with Crippen molar-refractivity contribution in [2.45, 2.75) is 5.41 Å². The number of hydrogen-bond donors (Lipinski definition) is 0. The Morgan fingerprint density at radius 1 is 0.288 bits per heavy atom. The van der Waals surface area contributed by atoms with Crippen LogP contribution in [0.4, 0.5) is 17.1 Å². The van der Waals surface area contributed by atoms with Gasteiger partial charge in [0.2, 0.25) is 0 Å². The molecule has 11 rings (SSSR count). The van der Waals surface area contributed by atoms with E-state index in [0.29, 0.717) is 0 Å². The minimum absolute atomic E-state index is 0.359. The van der Waals surface area contributed by atoms with Crippen LogP contribution in [0.3, 0.4) is 0 Å². The molecule has 52 heavy (non-hydrogen) atoms. The van der Waals surface area contributed by atoms with Gasteiger partial charge in [0.15, 0.2) is 0 Å². The van der Waals surface area contributed by atoms with Gasteiger partial charge in [-0.2, -0.15) is 0 Å². The fraction of sp³-hybridized carbons (Fsp3) is 0.0196. The predicted octanol–water partition coefficient (Wildman–Crippen LogP) is 13.5. The quantitative estimate of drug-likeness (QED) is 0.170. The molecule has 2 aliphatic carbocycles. The highest BCUT2D eigenvalue weighted by molar-refractivity contribution is 6.09. The third kappa shape index (κ3) is 4.05. The lowest BCUT2D eigenvalue weighted by atomic mass is 9.70. The van der Waals surface area contributed by atoms with E-state index in [2.05, 4.69) is 205 Å². The Morgan fingerprint density at radius 2 is 0.750 bits per heavy atom. The summed E-state index contributed by atoms with van der Waals surface area (Å²) in [6.45, 7) is 0. The van der Waals surface area contributed by atoms with E-state index in [1.54, 1.807) is 0 Å². The molecule has 0 unspecified atom stereocenters. The largest absolute Gasteiger partial charge is 0.310 e. The van der Waals surface area contributed by atoms with Crippen molar-refractivity contribution in [2.24, 2.45) is 0 Å². The van der Waals surface area contributed by atoms with Crippen molar-refractivity contribution < 1.29 is 0 Å². The summed E-state index contributed by atoms with van der Waals surface area (Å²) >= 11 is 0. The Balaban J connectivity index is 1.15. The molecule has 1 spiro atoms. The lowest BCUT2D eigenvalue weighted by Gasteiger charge is -2.31. The van der Waals surface area contributed by atoms with E-state index >= 15 is 0 Å². The molecular weight excluding hydrogens is 627 g/mol. The van der Waals surface area contributed by atoms with Gasteiger partial charge >= 0.3 is 0 Å². The molecule has 1 nitrogen and oxygen atoms in total. The molecule has 0 aromatic heterocycles. The second-order valence-electron chi connectivity index (χ2n) is 14.1. The Hall–Kier alpha value is -6.70. The monoisotopic (exact) mass is 659 g/mol. The number of hydrogen-bond acceptors (Lipinski definition) is 1. The summed E-state index contributed by atoms with van der Waals surface area (Å²) in [6, 6.07) is 74.0. The Bertz CT molecular complexity index is 2800. The van der Waals surface area contributed by atoms with Gasteiger partial charge in [-0.3, -0.25) is 0 Å². The molecule has 0 radical (unpaired) electrons. The van der Waals surface area contributed by atoms with Gasteiger partial charge in [0.05, 0.1) is 5.41 Å². The van der Waals surface area contributed by atoms with Crippen LogP contribution in [-0.2, 0) is 5.41 Å². The lowest BCUT2D eigenvalue weighted by molar-refractivity contribution is 0.794. The standard InChI is InChI=1S/C51H33N/c1-2-12-34(13-3-1)35-24-27-38(28-25-35)52(39-29-26-37-23-22-36-14-4-5-15-41(36)45(37)32-39)40-30-31-50-46(33-40)44-18-8-11-21-49(44)51(50)47-19-9-6-16-42(47)43-17-7-10-20-48(43)51/h1-33H. The number of nitrogens with zero attached hydrogens (tertiary/aromatic N) is 1. The van der Waals surface area contributed by atoms with Gasteiger partial charge in [0.25, 0.3) is 0 Å². The Kier molecular flexibility index (Phi) is 6.23. The highest BCUT2D eigenvalue weighted by Crippen LogP contribution is 2.63. The van der Waals surface area contributed by atoms with Gasteiger partial charge in [-0.05, 0) is 114 Å². The van der Waals surface area contributed by atoms with Crippen LogP contribution in [0.25, 0.3) is 54.9 Å². The van der Waals surface area contributed by atoms with E-state index in [0.717, 1.165) is 17.1 Å². The summed E-state index contributed by atoms with van der Waals surface area (Å²) in [5.74, 6) is 0. The molecule has 0 bridgehead atoms. The molecule has 0 saturated heterocycles. The van der Waals surface area contributed by atoms with E-state index in [-0.39, 0.29) is 5.41 Å². The van der Waals surface area contributed by atoms with Crippen molar-refractivity contribution in [2.75, 3.05) is 4.90 Å². The minimum Gasteiger partial charge on any atom is -0.310 e. The van der Waals surface area contributed by atoms with Crippen LogP contribution >= 0.6 is 0 Å². The molecule has 9 aromatic rings. The van der Waals surface area contributed by atoms with Crippen LogP contribution in [0.2, 0.25) is 0 Å². The molecule has 242 valence electrons. The van der Waals surface area contributed by atoms with Crippen molar-refractivity contribution in [3.63, 3.8) is 0 Å². The zero-order valence-electron chi connectivity index (χ0n) is 28.5. The number of benzene rings is 9. The van der Waals surface area contributed by atoms with E-state index in [9.17, 15) is 0 Å². The highest BCUT2D eigenvalue weighted by Gasteiger charge is 2.51. The first-order chi connectivity index (χ1) is 25.8. The predicted molar refractivity (Wildman–Crippen MR) is 218 cm³/mol. The molecular formula is C51H33N. The van der Waals surface area contributed by atoms with Crippen LogP contribution in [-0.4, -0.2) is 0 Å².